The molecular formula is C88H66B2Br2Cl3F4IN8O11S6. The van der Waals surface area contributed by atoms with E-state index in [2.05, 4.69) is 104 Å². The highest BCUT2D eigenvalue weighted by Crippen LogP contribution is 2.43. The van der Waals surface area contributed by atoms with E-state index < -0.39 is 73.3 Å². The second-order valence-corrected chi connectivity index (χ2v) is 40.4. The van der Waals surface area contributed by atoms with Gasteiger partial charge in [-0.05, 0) is 232 Å². The summed E-state index contributed by atoms with van der Waals surface area (Å²) in [4.78, 5) is 23.4. The summed E-state index contributed by atoms with van der Waals surface area (Å²) in [6, 6.07) is 50.7. The molecule has 0 spiro atoms. The van der Waals surface area contributed by atoms with Gasteiger partial charge >= 0.3 is 14.2 Å². The Kier molecular flexibility index (Phi) is 29.2. The first-order valence-electron chi connectivity index (χ1n) is 37.0. The van der Waals surface area contributed by atoms with Gasteiger partial charge in [0, 0.05) is 148 Å². The maximum absolute atomic E-state index is 14.3. The van der Waals surface area contributed by atoms with Gasteiger partial charge in [-0.1, -0.05) is 136 Å². The number of aryl methyl sites for hydroxylation is 6. The zero-order chi connectivity index (χ0) is 89.8. The predicted molar refractivity (Wildman–Crippen MR) is 509 cm³/mol. The van der Waals surface area contributed by atoms with E-state index in [4.69, 9.17) is 60.0 Å². The number of rotatable bonds is 13. The largest absolute Gasteiger partial charge is 0.505 e. The molecule has 0 bridgehead atoms. The summed E-state index contributed by atoms with van der Waals surface area (Å²) in [5.74, 6) is -3.16. The van der Waals surface area contributed by atoms with E-state index in [1.165, 1.54) is 75.9 Å². The maximum Gasteiger partial charge on any atom is 0.499 e. The summed E-state index contributed by atoms with van der Waals surface area (Å²) < 4.78 is 140. The van der Waals surface area contributed by atoms with Gasteiger partial charge in [-0.15, -0.1) is 22.7 Å². The molecule has 0 atom stereocenters. The first-order valence-corrected chi connectivity index (χ1v) is 47.8. The van der Waals surface area contributed by atoms with Crippen LogP contribution in [0.2, 0.25) is 15.1 Å². The van der Waals surface area contributed by atoms with Gasteiger partial charge in [0.2, 0.25) is 0 Å². The van der Waals surface area contributed by atoms with Gasteiger partial charge < -0.3 is 30.2 Å². The summed E-state index contributed by atoms with van der Waals surface area (Å²) in [5, 5.41) is 52.1. The molecule has 0 saturated heterocycles. The molecule has 125 heavy (non-hydrogen) atoms. The molecule has 0 amide bonds. The highest BCUT2D eigenvalue weighted by atomic mass is 127. The first kappa shape index (κ1) is 93.0. The lowest BCUT2D eigenvalue weighted by Crippen LogP contribution is -2.30. The Hall–Kier alpha value is -9.70. The van der Waals surface area contributed by atoms with Crippen LogP contribution in [0.15, 0.2) is 277 Å². The lowest BCUT2D eigenvalue weighted by atomic mass is 9.79. The second kappa shape index (κ2) is 39.3. The number of H-pyrrole nitrogens is 1. The summed E-state index contributed by atoms with van der Waals surface area (Å²) in [5.41, 5.74) is 13.0. The third-order valence-electron chi connectivity index (χ3n) is 19.0. The topological polar surface area (TPSA) is 286 Å². The summed E-state index contributed by atoms with van der Waals surface area (Å²) in [6.45, 7) is 11.7. The highest BCUT2D eigenvalue weighted by molar-refractivity contribution is 14.1. The fraction of sp³-hybridized carbons (Fsp3) is 0.0682. The molecule has 0 aliphatic rings. The number of benzene rings is 7. The van der Waals surface area contributed by atoms with Crippen molar-refractivity contribution >= 4 is 222 Å². The number of aromatic hydroxyl groups is 1. The number of phenolic OH excluding ortho intramolecular Hbond substituents is 1. The third-order valence-corrected chi connectivity index (χ3v) is 30.2. The van der Waals surface area contributed by atoms with Crippen molar-refractivity contribution in [3.8, 4) is 60.0 Å². The number of nitrogens with one attached hydrogen (secondary N) is 1. The number of pyridine rings is 4. The van der Waals surface area contributed by atoms with Crippen molar-refractivity contribution in [3.63, 3.8) is 0 Å². The molecule has 11 heterocycles. The van der Waals surface area contributed by atoms with Crippen LogP contribution < -0.4 is 10.2 Å². The van der Waals surface area contributed by atoms with Crippen molar-refractivity contribution in [2.75, 3.05) is 0 Å². The first-order chi connectivity index (χ1) is 59.4. The number of hydrogen-bond donors (Lipinski definition) is 6. The molecule has 0 saturated carbocycles. The van der Waals surface area contributed by atoms with Gasteiger partial charge in [-0.25, -0.2) is 74.7 Å². The van der Waals surface area contributed by atoms with Crippen LogP contribution in [0.25, 0.3) is 98.4 Å². The van der Waals surface area contributed by atoms with Gasteiger partial charge in [0.05, 0.1) is 29.8 Å². The SMILES string of the molecule is Cc1ccc(S(=O)(=O)n2cc(-c3cccc(F)c3Cl)c3cc(-c4cc(C)cs4)cnc32)cc1.Cc1ccc(S(=O)(=O)n2cc(-c3cccc(F)c3Cl)c3cc(Br)cnc32)cc1.Cc1ccc(S(=O)(=O)n2cc(I)c3cc(Br)cnc32)cc1.Cc1csc(-c2cnc3[nH]cc(-c4cccc(F)c4Cl)c3c2)c1.Cc1csc(B(O)O)c1.OB(O)c1cccc(F)c1O. The molecule has 37 heteroatoms. The average Bonchev–Trinajstić information content (AvgIpc) is 1.61. The van der Waals surface area contributed by atoms with Crippen LogP contribution in [-0.4, -0.2) is 102 Å². The zero-order valence-corrected chi connectivity index (χ0v) is 78.4. The number of aromatic nitrogens is 8. The smallest absolute Gasteiger partial charge is 0.499 e. The second-order valence-electron chi connectivity index (χ2n) is 28.1. The molecule has 6 N–H and O–H groups in total. The molecule has 0 fully saturated rings. The van der Waals surface area contributed by atoms with Crippen LogP contribution >= 0.6 is 123 Å². The van der Waals surface area contributed by atoms with Crippen LogP contribution in [0.4, 0.5) is 17.6 Å². The average molecular weight is 2090 g/mol. The number of thiophene rings is 3. The fourth-order valence-corrected chi connectivity index (χ4v) is 21.4. The number of fused-ring (bicyclic) bond motifs is 4. The molecule has 19 nitrogen and oxygen atoms in total. The predicted octanol–water partition coefficient (Wildman–Crippen LogP) is 21.8. The quantitative estimate of drug-likeness (QED) is 0.0355. The number of halogens is 10. The van der Waals surface area contributed by atoms with Crippen molar-refractivity contribution in [2.24, 2.45) is 0 Å². The molecule has 0 aliphatic carbocycles. The normalized spacial score (nSPS) is 11.4. The van der Waals surface area contributed by atoms with Crippen molar-refractivity contribution < 1.29 is 68.0 Å². The summed E-state index contributed by atoms with van der Waals surface area (Å²) in [7, 11) is -14.6. The molecule has 18 aromatic rings. The van der Waals surface area contributed by atoms with E-state index in [1.807, 2.05) is 82.0 Å². The van der Waals surface area contributed by atoms with Crippen molar-refractivity contribution in [2.45, 2.75) is 56.2 Å². The molecule has 7 aromatic carbocycles. The minimum absolute atomic E-state index is 0.0679. The molecule has 636 valence electrons. The third kappa shape index (κ3) is 20.6. The molecule has 0 unspecified atom stereocenters. The number of para-hydroxylation sites is 1. The van der Waals surface area contributed by atoms with E-state index in [9.17, 15) is 42.8 Å². The number of hydrogen-bond acceptors (Lipinski definition) is 18. The van der Waals surface area contributed by atoms with Crippen LogP contribution in [0, 0.1) is 68.4 Å². The fourth-order valence-electron chi connectivity index (χ4n) is 12.7. The Balaban J connectivity index is 0.000000134. The molecule has 11 aromatic heterocycles. The summed E-state index contributed by atoms with van der Waals surface area (Å²) in [6.07, 6.45) is 12.9. The van der Waals surface area contributed by atoms with E-state index in [0.717, 1.165) is 92.7 Å². The van der Waals surface area contributed by atoms with Gasteiger partial charge in [0.15, 0.2) is 28.5 Å². The maximum atomic E-state index is 14.3. The van der Waals surface area contributed by atoms with Crippen LogP contribution in [0.1, 0.15) is 33.4 Å². The molecule has 0 aliphatic heterocycles. The van der Waals surface area contributed by atoms with E-state index in [0.29, 0.717) is 53.5 Å². The van der Waals surface area contributed by atoms with Crippen LogP contribution in [0.3, 0.4) is 0 Å². The molecule has 0 radical (unpaired) electrons. The minimum Gasteiger partial charge on any atom is -0.505 e. The number of phenols is 1. The summed E-state index contributed by atoms with van der Waals surface area (Å²) >= 11 is 32.0. The Morgan fingerprint density at radius 2 is 0.776 bits per heavy atom. The zero-order valence-electron chi connectivity index (χ0n) is 65.9. The van der Waals surface area contributed by atoms with Crippen molar-refractivity contribution in [3.05, 3.63) is 338 Å². The van der Waals surface area contributed by atoms with Crippen LogP contribution in [0.5, 0.6) is 5.75 Å². The lowest BCUT2D eigenvalue weighted by molar-refractivity contribution is 0.410. The Morgan fingerprint density at radius 1 is 0.408 bits per heavy atom. The van der Waals surface area contributed by atoms with Crippen molar-refractivity contribution in [1.82, 2.24) is 36.8 Å². The molecular weight excluding hydrogens is 2030 g/mol. The monoisotopic (exact) mass is 2090 g/mol. The highest BCUT2D eigenvalue weighted by Gasteiger charge is 2.29. The standard InChI is InChI=1S/C25H18ClFN2O2S2.C20H13BrClFN2O2S.C18H12ClFN2S.C14H10BrIN2O2S.C6H6BFO3.C5H7BO2S/c1-15-6-8-18(9-7-15)33(30,31)29-13-21(19-4-3-5-22(27)24(19)26)20-11-17(12-28-25(20)29)23-10-16(2)14-32-23;1-12-5-7-14(8-6-12)28(26,27)25-11-17(15-3-2-4-18(23)19(15)22)16-9-13(21)10-24-20(16)25;1-10-5-16(23-9-10)11-6-13-14(8-22-18(13)21-7-11)12-3-2-4-15(20)17(12)19;1-9-2-4-11(5-3-9)21(19,20)18-8-13(16)12-6-10(15)7-17-14(12)18;8-5-3-1-2-4(6(5)9)7(10)11;1-4-2-5(6(7)8)9-3-4/h3-14H,1-2H3;2-11H,1H3;2-9H,1H3,(H,21,22);2-8H,1H3;1-3,9-11H;2-3,7-8H,1H3. The number of aromatic amines is 1. The minimum atomic E-state index is -3.95. The van der Waals surface area contributed by atoms with Gasteiger partial charge in [0.25, 0.3) is 30.1 Å². The Bertz CT molecular complexity index is 7460. The van der Waals surface area contributed by atoms with Crippen LogP contribution in [-0.2, 0) is 30.1 Å². The Labute approximate surface area is 773 Å². The number of nitrogens with zero attached hydrogens (tertiary/aromatic N) is 7. The molecule has 18 rings (SSSR count). The van der Waals surface area contributed by atoms with Crippen molar-refractivity contribution in [1.29, 1.82) is 0 Å². The van der Waals surface area contributed by atoms with Gasteiger partial charge in [0.1, 0.15) is 23.1 Å². The Morgan fingerprint density at radius 3 is 1.18 bits per heavy atom. The van der Waals surface area contributed by atoms with E-state index in [1.54, 1.807) is 150 Å². The van der Waals surface area contributed by atoms with E-state index in [-0.39, 0.29) is 46.5 Å². The van der Waals surface area contributed by atoms with Gasteiger partial charge in [-0.2, -0.15) is 11.3 Å². The lowest BCUT2D eigenvalue weighted by Gasteiger charge is -2.07. The van der Waals surface area contributed by atoms with E-state index >= 15 is 0 Å². The van der Waals surface area contributed by atoms with Gasteiger partial charge in [-0.3, -0.25) is 0 Å².